The Morgan fingerprint density at radius 3 is 2.27 bits per heavy atom. The summed E-state index contributed by atoms with van der Waals surface area (Å²) in [5, 5.41) is 36.0. The van der Waals surface area contributed by atoms with Crippen LogP contribution in [0.1, 0.15) is 168 Å². The molecule has 7 fully saturated rings. The summed E-state index contributed by atoms with van der Waals surface area (Å²) in [6, 6.07) is 8.97. The summed E-state index contributed by atoms with van der Waals surface area (Å²) in [4.78, 5) is 13.1. The third-order valence-electron chi connectivity index (χ3n) is 20.0. The van der Waals surface area contributed by atoms with E-state index in [2.05, 4.69) is 65.8 Å². The first kappa shape index (κ1) is 40.3. The van der Waals surface area contributed by atoms with Crippen molar-refractivity contribution in [3.05, 3.63) is 35.4 Å². The molecule has 1 heterocycles. The highest BCUT2D eigenvalue weighted by atomic mass is 16.6. The fourth-order valence-electron chi connectivity index (χ4n) is 17.5. The molecule has 0 aromatic heterocycles. The SMILES string of the molecule is CCCCCC1CCC23CCC45C(Cc6ccc(CCOC)cc6)OC(O)(CC(O)C4C2(C)CCC12C1CC(C)(C(=O)O)CCC1(C)CCC23C)C5CCC. The van der Waals surface area contributed by atoms with Gasteiger partial charge >= 0.3 is 5.97 Å². The molecule has 1 aromatic rings. The van der Waals surface area contributed by atoms with Crippen LogP contribution in [0.5, 0.6) is 0 Å². The number of carboxylic acid groups (broad SMARTS) is 1. The van der Waals surface area contributed by atoms with Crippen molar-refractivity contribution in [3.8, 4) is 0 Å². The van der Waals surface area contributed by atoms with Crippen molar-refractivity contribution in [2.45, 2.75) is 188 Å². The molecule has 3 N–H and O–H groups in total. The predicted octanol–water partition coefficient (Wildman–Crippen LogP) is 10.5. The number of aliphatic hydroxyl groups excluding tert-OH is 1. The van der Waals surface area contributed by atoms with Crippen LogP contribution in [0.4, 0.5) is 0 Å². The Hall–Kier alpha value is -1.47. The standard InChI is InChI=1S/C49H76O6/c1-8-10-11-13-35-18-20-46-26-27-47-37(12-9-2)49(53,55-39(47)30-34-16-14-33(15-17-34)19-29-54-7)31-36(50)40(47)44(46,5)24-28-48(35)38-32-43(4,41(51)52)22-21-42(38,3)23-25-45(46,48)6/h14-17,35-40,50,53H,8-13,18-32H2,1-7H3,(H,51,52). The second-order valence-corrected chi connectivity index (χ2v) is 21.8. The van der Waals surface area contributed by atoms with Gasteiger partial charge in [-0.15, -0.1) is 0 Å². The summed E-state index contributed by atoms with van der Waals surface area (Å²) < 4.78 is 12.4. The fraction of sp³-hybridized carbons (Fsp3) is 0.857. The molecular formula is C49H76O6. The molecule has 308 valence electrons. The molecule has 6 saturated carbocycles. The van der Waals surface area contributed by atoms with Gasteiger partial charge < -0.3 is 24.8 Å². The molecular weight excluding hydrogens is 685 g/mol. The van der Waals surface area contributed by atoms with Crippen LogP contribution in [0.25, 0.3) is 0 Å². The predicted molar refractivity (Wildman–Crippen MR) is 217 cm³/mol. The summed E-state index contributed by atoms with van der Waals surface area (Å²) >= 11 is 0. The lowest BCUT2D eigenvalue weighted by Crippen LogP contribution is -2.78. The number of benzene rings is 1. The first-order valence-electron chi connectivity index (χ1n) is 23.0. The molecule has 6 aliphatic carbocycles. The average Bonchev–Trinajstić information content (AvgIpc) is 3.29. The van der Waals surface area contributed by atoms with E-state index in [-0.39, 0.29) is 50.4 Å². The van der Waals surface area contributed by atoms with E-state index in [1.165, 1.54) is 62.5 Å². The summed E-state index contributed by atoms with van der Waals surface area (Å²) in [5.41, 5.74) is 1.83. The van der Waals surface area contributed by atoms with Crippen LogP contribution in [0.15, 0.2) is 24.3 Å². The number of hydrogen-bond acceptors (Lipinski definition) is 5. The third kappa shape index (κ3) is 5.34. The second kappa shape index (κ2) is 13.8. The molecule has 2 spiro atoms. The van der Waals surface area contributed by atoms with Crippen LogP contribution >= 0.6 is 0 Å². The molecule has 14 atom stereocenters. The highest BCUT2D eigenvalue weighted by Crippen LogP contribution is 2.88. The normalized spacial score (nSPS) is 49.7. The maximum absolute atomic E-state index is 13.1. The van der Waals surface area contributed by atoms with E-state index < -0.39 is 23.3 Å². The van der Waals surface area contributed by atoms with Crippen LogP contribution in [0.2, 0.25) is 0 Å². The number of aliphatic carboxylic acids is 1. The van der Waals surface area contributed by atoms with Crippen molar-refractivity contribution in [2.24, 2.45) is 61.6 Å². The monoisotopic (exact) mass is 761 g/mol. The molecule has 0 radical (unpaired) electrons. The summed E-state index contributed by atoms with van der Waals surface area (Å²) in [6.45, 7) is 15.3. The minimum atomic E-state index is -1.30. The van der Waals surface area contributed by atoms with Gasteiger partial charge in [0, 0.05) is 24.9 Å². The molecule has 1 aliphatic heterocycles. The lowest BCUT2D eigenvalue weighted by atomic mass is 9.21. The van der Waals surface area contributed by atoms with Crippen molar-refractivity contribution in [1.29, 1.82) is 0 Å². The quantitative estimate of drug-likeness (QED) is 0.184. The number of fused-ring (bicyclic) bond motifs is 3. The number of aliphatic hydroxyl groups is 2. The van der Waals surface area contributed by atoms with E-state index in [1.807, 2.05) is 0 Å². The molecule has 6 nitrogen and oxygen atoms in total. The second-order valence-electron chi connectivity index (χ2n) is 21.8. The Balaban J connectivity index is 1.24. The number of ether oxygens (including phenoxy) is 2. The Labute approximate surface area is 333 Å². The topological polar surface area (TPSA) is 96.2 Å². The minimum Gasteiger partial charge on any atom is -0.481 e. The number of unbranched alkanes of at least 4 members (excludes halogenated alkanes) is 2. The molecule has 6 heteroatoms. The Morgan fingerprint density at radius 1 is 0.855 bits per heavy atom. The zero-order chi connectivity index (χ0) is 39.3. The number of rotatable bonds is 12. The van der Waals surface area contributed by atoms with Gasteiger partial charge in [0.15, 0.2) is 5.79 Å². The Morgan fingerprint density at radius 2 is 1.58 bits per heavy atom. The van der Waals surface area contributed by atoms with Crippen molar-refractivity contribution in [1.82, 2.24) is 0 Å². The van der Waals surface area contributed by atoms with Gasteiger partial charge in [-0.3, -0.25) is 4.79 Å². The number of carbonyl (C=O) groups is 1. The maximum atomic E-state index is 13.1. The van der Waals surface area contributed by atoms with E-state index in [1.54, 1.807) is 7.11 Å². The van der Waals surface area contributed by atoms with Gasteiger partial charge in [0.2, 0.25) is 0 Å². The minimum absolute atomic E-state index is 0.00712. The zero-order valence-electron chi connectivity index (χ0n) is 35.7. The lowest BCUT2D eigenvalue weighted by molar-refractivity contribution is -0.359. The molecule has 0 amide bonds. The van der Waals surface area contributed by atoms with E-state index in [9.17, 15) is 20.1 Å². The van der Waals surface area contributed by atoms with Crippen molar-refractivity contribution >= 4 is 5.97 Å². The van der Waals surface area contributed by atoms with Crippen molar-refractivity contribution in [2.75, 3.05) is 13.7 Å². The average molecular weight is 761 g/mol. The van der Waals surface area contributed by atoms with Gasteiger partial charge in [-0.1, -0.05) is 84.6 Å². The van der Waals surface area contributed by atoms with Crippen LogP contribution in [0.3, 0.4) is 0 Å². The Bertz CT molecular complexity index is 1590. The number of methoxy groups -OCH3 is 1. The van der Waals surface area contributed by atoms with Gasteiger partial charge in [0.1, 0.15) is 0 Å². The van der Waals surface area contributed by atoms with Gasteiger partial charge in [-0.2, -0.15) is 0 Å². The van der Waals surface area contributed by atoms with Crippen molar-refractivity contribution < 1.29 is 29.6 Å². The van der Waals surface area contributed by atoms with Gasteiger partial charge in [0.25, 0.3) is 0 Å². The first-order valence-corrected chi connectivity index (χ1v) is 23.0. The molecule has 55 heavy (non-hydrogen) atoms. The van der Waals surface area contributed by atoms with Gasteiger partial charge in [0.05, 0.1) is 24.2 Å². The zero-order valence-corrected chi connectivity index (χ0v) is 35.7. The first-order chi connectivity index (χ1) is 26.1. The highest BCUT2D eigenvalue weighted by Gasteiger charge is 2.84. The molecule has 8 rings (SSSR count). The van der Waals surface area contributed by atoms with Crippen LogP contribution in [0, 0.1) is 61.6 Å². The smallest absolute Gasteiger partial charge is 0.309 e. The van der Waals surface area contributed by atoms with E-state index in [4.69, 9.17) is 9.47 Å². The molecule has 4 bridgehead atoms. The van der Waals surface area contributed by atoms with E-state index in [0.29, 0.717) is 24.9 Å². The molecule has 7 aliphatic rings. The van der Waals surface area contributed by atoms with Crippen molar-refractivity contribution in [3.63, 3.8) is 0 Å². The Kier molecular flexibility index (Phi) is 10.1. The summed E-state index contributed by atoms with van der Waals surface area (Å²) in [6.07, 6.45) is 20.0. The van der Waals surface area contributed by atoms with E-state index >= 15 is 0 Å². The fourth-order valence-corrected chi connectivity index (χ4v) is 17.5. The molecule has 14 unspecified atom stereocenters. The van der Waals surface area contributed by atoms with Gasteiger partial charge in [-0.25, -0.2) is 0 Å². The van der Waals surface area contributed by atoms with E-state index in [0.717, 1.165) is 70.6 Å². The summed E-state index contributed by atoms with van der Waals surface area (Å²) in [7, 11) is 1.75. The highest BCUT2D eigenvalue weighted by molar-refractivity contribution is 5.74. The lowest BCUT2D eigenvalue weighted by Gasteiger charge is -2.83. The molecule has 1 saturated heterocycles. The van der Waals surface area contributed by atoms with Crippen LogP contribution < -0.4 is 0 Å². The summed E-state index contributed by atoms with van der Waals surface area (Å²) in [5.74, 6) is -0.808. The third-order valence-corrected chi connectivity index (χ3v) is 20.0. The largest absolute Gasteiger partial charge is 0.481 e. The van der Waals surface area contributed by atoms with Gasteiger partial charge in [-0.05, 0) is 159 Å². The maximum Gasteiger partial charge on any atom is 0.309 e. The van der Waals surface area contributed by atoms with Crippen LogP contribution in [-0.2, 0) is 27.1 Å². The molecule has 1 aromatic carbocycles. The number of carboxylic acids is 1. The number of hydrogen-bond donors (Lipinski definition) is 3. The van der Waals surface area contributed by atoms with Crippen LogP contribution in [-0.4, -0.2) is 53.0 Å².